The van der Waals surface area contributed by atoms with Crippen molar-refractivity contribution in [3.05, 3.63) is 34.9 Å². The van der Waals surface area contributed by atoms with Gasteiger partial charge in [-0.1, -0.05) is 17.7 Å². The van der Waals surface area contributed by atoms with Gasteiger partial charge in [0.05, 0.1) is 19.7 Å². The Labute approximate surface area is 159 Å². The number of carbonyl (C=O) groups excluding carboxylic acids is 1. The summed E-state index contributed by atoms with van der Waals surface area (Å²) in [5.41, 5.74) is 0.418. The maximum atomic E-state index is 12.6. The van der Waals surface area contributed by atoms with Crippen LogP contribution in [0.25, 0.3) is 0 Å². The molecule has 0 N–H and O–H groups in total. The van der Waals surface area contributed by atoms with Gasteiger partial charge >= 0.3 is 0 Å². The van der Waals surface area contributed by atoms with Gasteiger partial charge in [-0.2, -0.15) is 0 Å². The number of hydrogen-bond donors (Lipinski definition) is 0. The summed E-state index contributed by atoms with van der Waals surface area (Å²) in [5.74, 6) is 1.01. The molecule has 3 heterocycles. The number of amides is 1. The third-order valence-electron chi connectivity index (χ3n) is 5.89. The summed E-state index contributed by atoms with van der Waals surface area (Å²) in [6, 6.07) is 7.12. The van der Waals surface area contributed by atoms with Crippen molar-refractivity contribution in [1.82, 2.24) is 4.90 Å². The van der Waals surface area contributed by atoms with E-state index in [0.29, 0.717) is 35.5 Å². The Morgan fingerprint density at radius 2 is 2.00 bits per heavy atom. The highest BCUT2D eigenvalue weighted by Crippen LogP contribution is 2.40. The summed E-state index contributed by atoms with van der Waals surface area (Å²) < 4.78 is 17.5. The van der Waals surface area contributed by atoms with E-state index >= 15 is 0 Å². The standard InChI is InChI=1S/C20H26ClNO4/c21-18-3-1-2-16(10-18)19(23)22-13-20(14-22)17(6-9-26-20)12-25-11-15-4-7-24-8-5-15/h1-3,10,15,17H,4-9,11-14H2/t17-/m0/s1. The second-order valence-corrected chi connectivity index (χ2v) is 8.10. The van der Waals surface area contributed by atoms with Crippen LogP contribution >= 0.6 is 11.6 Å². The second-order valence-electron chi connectivity index (χ2n) is 7.66. The van der Waals surface area contributed by atoms with Crippen molar-refractivity contribution in [2.75, 3.05) is 46.1 Å². The van der Waals surface area contributed by atoms with E-state index in [1.54, 1.807) is 12.1 Å². The lowest BCUT2D eigenvalue weighted by Gasteiger charge is -2.50. The molecule has 1 spiro atoms. The topological polar surface area (TPSA) is 48.0 Å². The maximum absolute atomic E-state index is 12.6. The zero-order valence-electron chi connectivity index (χ0n) is 15.0. The molecule has 1 amide bonds. The zero-order valence-corrected chi connectivity index (χ0v) is 15.7. The minimum Gasteiger partial charge on any atom is -0.381 e. The summed E-state index contributed by atoms with van der Waals surface area (Å²) >= 11 is 6.00. The highest BCUT2D eigenvalue weighted by Gasteiger charge is 2.54. The first-order valence-corrected chi connectivity index (χ1v) is 9.88. The third-order valence-corrected chi connectivity index (χ3v) is 6.12. The summed E-state index contributed by atoms with van der Waals surface area (Å²) in [4.78, 5) is 14.5. The van der Waals surface area contributed by atoms with Crippen molar-refractivity contribution < 1.29 is 19.0 Å². The van der Waals surface area contributed by atoms with E-state index in [9.17, 15) is 4.79 Å². The predicted octanol–water partition coefficient (Wildman–Crippen LogP) is 3.01. The normalized spacial score (nSPS) is 25.4. The number of ether oxygens (including phenoxy) is 3. The fourth-order valence-corrected chi connectivity index (χ4v) is 4.40. The molecule has 0 unspecified atom stereocenters. The van der Waals surface area contributed by atoms with E-state index in [-0.39, 0.29) is 11.5 Å². The lowest BCUT2D eigenvalue weighted by Crippen LogP contribution is -2.66. The Balaban J connectivity index is 1.28. The minimum absolute atomic E-state index is 0.0236. The molecule has 5 nitrogen and oxygen atoms in total. The predicted molar refractivity (Wildman–Crippen MR) is 98.5 cm³/mol. The van der Waals surface area contributed by atoms with Crippen LogP contribution in [0.3, 0.4) is 0 Å². The van der Waals surface area contributed by atoms with Crippen molar-refractivity contribution >= 4 is 17.5 Å². The molecule has 0 aromatic heterocycles. The molecule has 142 valence electrons. The van der Waals surface area contributed by atoms with Crippen molar-refractivity contribution in [2.24, 2.45) is 11.8 Å². The summed E-state index contributed by atoms with van der Waals surface area (Å²) in [5, 5.41) is 0.586. The molecule has 0 radical (unpaired) electrons. The Morgan fingerprint density at radius 1 is 1.19 bits per heavy atom. The molecular formula is C20H26ClNO4. The van der Waals surface area contributed by atoms with E-state index in [0.717, 1.165) is 52.3 Å². The van der Waals surface area contributed by atoms with Crippen molar-refractivity contribution in [1.29, 1.82) is 0 Å². The number of halogens is 1. The molecule has 26 heavy (non-hydrogen) atoms. The van der Waals surface area contributed by atoms with Gasteiger partial charge in [-0.25, -0.2) is 0 Å². The molecule has 3 aliphatic heterocycles. The largest absolute Gasteiger partial charge is 0.381 e. The van der Waals surface area contributed by atoms with Gasteiger partial charge in [0.15, 0.2) is 0 Å². The van der Waals surface area contributed by atoms with Crippen LogP contribution in [0.1, 0.15) is 29.6 Å². The molecule has 0 bridgehead atoms. The molecule has 1 aromatic rings. The van der Waals surface area contributed by atoms with Crippen molar-refractivity contribution in [2.45, 2.75) is 24.9 Å². The molecule has 0 aliphatic carbocycles. The number of carbonyl (C=O) groups is 1. The van der Waals surface area contributed by atoms with Crippen molar-refractivity contribution in [3.8, 4) is 0 Å². The molecule has 3 aliphatic rings. The van der Waals surface area contributed by atoms with E-state index < -0.39 is 0 Å². The highest BCUT2D eigenvalue weighted by molar-refractivity contribution is 6.30. The van der Waals surface area contributed by atoms with Crippen molar-refractivity contribution in [3.63, 3.8) is 0 Å². The molecule has 4 rings (SSSR count). The zero-order chi connectivity index (χ0) is 18.0. The maximum Gasteiger partial charge on any atom is 0.254 e. The van der Waals surface area contributed by atoms with E-state index in [1.165, 1.54) is 0 Å². The van der Waals surface area contributed by atoms with Crippen LogP contribution in [0.2, 0.25) is 5.02 Å². The van der Waals surface area contributed by atoms with Gasteiger partial charge in [-0.05, 0) is 43.4 Å². The Kier molecular flexibility index (Phi) is 5.50. The number of nitrogens with zero attached hydrogens (tertiary/aromatic N) is 1. The third kappa shape index (κ3) is 3.77. The van der Waals surface area contributed by atoms with Gasteiger partial charge in [0.25, 0.3) is 5.91 Å². The SMILES string of the molecule is O=C(c1cccc(Cl)c1)N1CC2(C1)OCC[C@H]2COCC1CCOCC1. The van der Waals surface area contributed by atoms with E-state index in [4.69, 9.17) is 25.8 Å². The van der Waals surface area contributed by atoms with Gasteiger partial charge < -0.3 is 19.1 Å². The number of hydrogen-bond acceptors (Lipinski definition) is 4. The van der Waals surface area contributed by atoms with E-state index in [1.807, 2.05) is 17.0 Å². The summed E-state index contributed by atoms with van der Waals surface area (Å²) in [6.45, 7) is 5.27. The Bertz CT molecular complexity index is 640. The van der Waals surface area contributed by atoms with Crippen LogP contribution < -0.4 is 0 Å². The first-order chi connectivity index (χ1) is 12.7. The van der Waals surface area contributed by atoms with Gasteiger partial charge in [-0.15, -0.1) is 0 Å². The molecule has 3 fully saturated rings. The van der Waals surface area contributed by atoms with Crippen LogP contribution in [-0.4, -0.2) is 62.5 Å². The molecular weight excluding hydrogens is 354 g/mol. The van der Waals surface area contributed by atoms with Crippen LogP contribution in [-0.2, 0) is 14.2 Å². The average molecular weight is 380 g/mol. The molecule has 1 aromatic carbocycles. The molecule has 3 saturated heterocycles. The first kappa shape index (κ1) is 18.2. The van der Waals surface area contributed by atoms with Gasteiger partial charge in [-0.3, -0.25) is 4.79 Å². The number of likely N-dealkylation sites (tertiary alicyclic amines) is 1. The highest BCUT2D eigenvalue weighted by atomic mass is 35.5. The molecule has 0 saturated carbocycles. The number of rotatable bonds is 5. The fraction of sp³-hybridized carbons (Fsp3) is 0.650. The Hall–Kier alpha value is -1.14. The first-order valence-electron chi connectivity index (χ1n) is 9.51. The smallest absolute Gasteiger partial charge is 0.254 e. The lowest BCUT2D eigenvalue weighted by atomic mass is 9.81. The van der Waals surface area contributed by atoms with E-state index in [2.05, 4.69) is 0 Å². The minimum atomic E-state index is -0.218. The van der Waals surface area contributed by atoms with Gasteiger partial charge in [0.2, 0.25) is 0 Å². The summed E-state index contributed by atoms with van der Waals surface area (Å²) in [6.07, 6.45) is 3.19. The number of benzene rings is 1. The Morgan fingerprint density at radius 3 is 2.77 bits per heavy atom. The summed E-state index contributed by atoms with van der Waals surface area (Å²) in [7, 11) is 0. The van der Waals surface area contributed by atoms with Crippen LogP contribution in [0.5, 0.6) is 0 Å². The lowest BCUT2D eigenvalue weighted by molar-refractivity contribution is -0.129. The van der Waals surface area contributed by atoms with Gasteiger partial charge in [0.1, 0.15) is 5.60 Å². The van der Waals surface area contributed by atoms with Crippen LogP contribution in [0.4, 0.5) is 0 Å². The molecule has 6 heteroatoms. The quantitative estimate of drug-likeness (QED) is 0.789. The average Bonchev–Trinajstić information content (AvgIpc) is 3.05. The van der Waals surface area contributed by atoms with Gasteiger partial charge in [0, 0.05) is 42.9 Å². The molecule has 1 atom stereocenters. The fourth-order valence-electron chi connectivity index (χ4n) is 4.21. The monoisotopic (exact) mass is 379 g/mol. The van der Waals surface area contributed by atoms with Crippen LogP contribution in [0, 0.1) is 11.8 Å². The van der Waals surface area contributed by atoms with Crippen LogP contribution in [0.15, 0.2) is 24.3 Å². The second kappa shape index (κ2) is 7.85.